The molecule has 3 N–H and O–H groups in total. The molecule has 2 aromatic rings. The van der Waals surface area contributed by atoms with Crippen LogP contribution in [0.1, 0.15) is 17.1 Å². The number of rotatable bonds is 5. The number of hydrogen-bond donors (Lipinski definition) is 2. The minimum absolute atomic E-state index is 0.0860. The van der Waals surface area contributed by atoms with Crippen molar-refractivity contribution in [2.75, 3.05) is 5.73 Å². The van der Waals surface area contributed by atoms with Gasteiger partial charge in [0.25, 0.3) is 0 Å². The van der Waals surface area contributed by atoms with Crippen LogP contribution in [0, 0.1) is 6.92 Å². The maximum Gasteiger partial charge on any atom is 0.216 e. The van der Waals surface area contributed by atoms with Gasteiger partial charge < -0.3 is 5.73 Å². The maximum absolute atomic E-state index is 12.0. The van der Waals surface area contributed by atoms with E-state index in [-0.39, 0.29) is 12.3 Å². The van der Waals surface area contributed by atoms with Crippen LogP contribution in [0.15, 0.2) is 36.5 Å². The molecule has 0 aliphatic rings. The molecule has 0 atom stereocenters. The molecule has 0 unspecified atom stereocenters. The van der Waals surface area contributed by atoms with E-state index in [0.717, 1.165) is 0 Å². The first-order valence-corrected chi connectivity index (χ1v) is 7.70. The van der Waals surface area contributed by atoms with Crippen LogP contribution in [0.3, 0.4) is 0 Å². The number of nitrogen functional groups attached to an aromatic ring is 1. The lowest BCUT2D eigenvalue weighted by Gasteiger charge is -2.07. The predicted molar refractivity (Wildman–Crippen MR) is 77.1 cm³/mol. The zero-order valence-corrected chi connectivity index (χ0v) is 11.9. The van der Waals surface area contributed by atoms with Crippen molar-refractivity contribution in [2.45, 2.75) is 19.2 Å². The molecule has 0 aliphatic carbocycles. The fourth-order valence-electron chi connectivity index (χ4n) is 1.67. The second kappa shape index (κ2) is 5.98. The van der Waals surface area contributed by atoms with Crippen LogP contribution in [0.5, 0.6) is 0 Å². The van der Waals surface area contributed by atoms with Crippen LogP contribution in [0.2, 0.25) is 0 Å². The molecule has 20 heavy (non-hydrogen) atoms. The van der Waals surface area contributed by atoms with E-state index in [1.807, 2.05) is 0 Å². The van der Waals surface area contributed by atoms with Gasteiger partial charge in [0, 0.05) is 11.9 Å². The van der Waals surface area contributed by atoms with Crippen molar-refractivity contribution in [1.29, 1.82) is 0 Å². The van der Waals surface area contributed by atoms with Gasteiger partial charge in [-0.2, -0.15) is 0 Å². The van der Waals surface area contributed by atoms with Gasteiger partial charge in [-0.25, -0.2) is 23.1 Å². The van der Waals surface area contributed by atoms with E-state index in [1.165, 1.54) is 0 Å². The number of nitrogens with two attached hydrogens (primary N) is 1. The number of aromatic nitrogens is 2. The average Bonchev–Trinajstić information content (AvgIpc) is 2.39. The number of benzene rings is 1. The fraction of sp³-hybridized carbons (Fsp3) is 0.231. The third kappa shape index (κ3) is 4.29. The molecule has 7 heteroatoms. The van der Waals surface area contributed by atoms with Crippen LogP contribution < -0.4 is 10.5 Å². The smallest absolute Gasteiger partial charge is 0.216 e. The molecule has 1 aromatic carbocycles. The third-order valence-corrected chi connectivity index (χ3v) is 3.94. The summed E-state index contributed by atoms with van der Waals surface area (Å²) in [7, 11) is -3.41. The molecule has 0 amide bonds. The van der Waals surface area contributed by atoms with E-state index in [2.05, 4.69) is 14.7 Å². The lowest BCUT2D eigenvalue weighted by Crippen LogP contribution is -2.25. The van der Waals surface area contributed by atoms with Crippen molar-refractivity contribution >= 4 is 15.7 Å². The Morgan fingerprint density at radius 2 is 1.90 bits per heavy atom. The van der Waals surface area contributed by atoms with Gasteiger partial charge in [-0.1, -0.05) is 12.1 Å². The number of anilines is 1. The molecule has 0 radical (unpaired) electrons. The molecule has 1 heterocycles. The molecule has 0 fully saturated rings. The summed E-state index contributed by atoms with van der Waals surface area (Å²) >= 11 is 0. The van der Waals surface area contributed by atoms with Gasteiger partial charge in [-0.3, -0.25) is 0 Å². The Balaban J connectivity index is 1.99. The van der Waals surface area contributed by atoms with Gasteiger partial charge in [0.05, 0.1) is 18.0 Å². The minimum Gasteiger partial charge on any atom is -0.399 e. The first-order chi connectivity index (χ1) is 9.44. The summed E-state index contributed by atoms with van der Waals surface area (Å²) in [6.07, 6.45) is 1.60. The van der Waals surface area contributed by atoms with Crippen LogP contribution in [0.25, 0.3) is 0 Å². The number of hydrogen-bond acceptors (Lipinski definition) is 5. The van der Waals surface area contributed by atoms with E-state index >= 15 is 0 Å². The summed E-state index contributed by atoms with van der Waals surface area (Å²) in [6.45, 7) is 1.91. The molecule has 0 aliphatic heterocycles. The Morgan fingerprint density at radius 3 is 2.55 bits per heavy atom. The van der Waals surface area contributed by atoms with Crippen LogP contribution in [-0.4, -0.2) is 18.4 Å². The molecule has 6 nitrogen and oxygen atoms in total. The highest BCUT2D eigenvalue weighted by Crippen LogP contribution is 2.09. The summed E-state index contributed by atoms with van der Waals surface area (Å²) < 4.78 is 26.4. The van der Waals surface area contributed by atoms with Crippen molar-refractivity contribution in [3.8, 4) is 0 Å². The van der Waals surface area contributed by atoms with Crippen molar-refractivity contribution in [3.05, 3.63) is 53.6 Å². The largest absolute Gasteiger partial charge is 0.399 e. The molecule has 1 aromatic heterocycles. The second-order valence-corrected chi connectivity index (χ2v) is 6.22. The predicted octanol–water partition coefficient (Wildman–Crippen LogP) is 0.987. The van der Waals surface area contributed by atoms with Gasteiger partial charge in [-0.05, 0) is 30.7 Å². The summed E-state index contributed by atoms with van der Waals surface area (Å²) in [4.78, 5) is 8.10. The Morgan fingerprint density at radius 1 is 1.20 bits per heavy atom. The summed E-state index contributed by atoms with van der Waals surface area (Å²) in [5, 5.41) is 0. The topological polar surface area (TPSA) is 98.0 Å². The van der Waals surface area contributed by atoms with Crippen molar-refractivity contribution in [2.24, 2.45) is 0 Å². The number of sulfonamides is 1. The average molecular weight is 292 g/mol. The van der Waals surface area contributed by atoms with E-state index in [9.17, 15) is 8.42 Å². The van der Waals surface area contributed by atoms with E-state index in [4.69, 9.17) is 5.73 Å². The molecule has 0 saturated heterocycles. The molecular weight excluding hydrogens is 276 g/mol. The van der Waals surface area contributed by atoms with Gasteiger partial charge in [-0.15, -0.1) is 0 Å². The Bertz CT molecular complexity index is 684. The normalized spacial score (nSPS) is 11.4. The quantitative estimate of drug-likeness (QED) is 0.801. The van der Waals surface area contributed by atoms with Gasteiger partial charge in [0.1, 0.15) is 5.82 Å². The Hall–Kier alpha value is -1.99. The summed E-state index contributed by atoms with van der Waals surface area (Å²) in [5.74, 6) is 0.525. The monoisotopic (exact) mass is 292 g/mol. The van der Waals surface area contributed by atoms with Crippen molar-refractivity contribution < 1.29 is 8.42 Å². The maximum atomic E-state index is 12.0. The summed E-state index contributed by atoms with van der Waals surface area (Å²) in [6, 6.07) is 8.43. The molecular formula is C13H16N4O2S. The van der Waals surface area contributed by atoms with E-state index in [1.54, 1.807) is 43.5 Å². The third-order valence-electron chi connectivity index (χ3n) is 2.64. The number of aryl methyl sites for hydroxylation is 1. The lowest BCUT2D eigenvalue weighted by molar-refractivity contribution is 0.579. The van der Waals surface area contributed by atoms with Crippen LogP contribution in [0.4, 0.5) is 5.69 Å². The van der Waals surface area contributed by atoms with Crippen LogP contribution >= 0.6 is 0 Å². The molecule has 0 spiro atoms. The zero-order valence-electron chi connectivity index (χ0n) is 11.1. The van der Waals surface area contributed by atoms with E-state index < -0.39 is 10.0 Å². The van der Waals surface area contributed by atoms with Gasteiger partial charge in [0.15, 0.2) is 0 Å². The number of nitrogens with one attached hydrogen (secondary N) is 1. The lowest BCUT2D eigenvalue weighted by atomic mass is 10.2. The molecule has 0 bridgehead atoms. The van der Waals surface area contributed by atoms with Crippen molar-refractivity contribution in [1.82, 2.24) is 14.7 Å². The fourth-order valence-corrected chi connectivity index (χ4v) is 2.77. The molecule has 0 saturated carbocycles. The number of nitrogens with zero attached hydrogens (tertiary/aromatic N) is 2. The molecule has 2 rings (SSSR count). The summed E-state index contributed by atoms with van der Waals surface area (Å²) in [5.41, 5.74) is 7.49. The minimum atomic E-state index is -3.41. The standard InChI is InChI=1S/C13H16N4O2S/c1-10-15-7-6-13(17-10)8-16-20(18,19)9-11-2-4-12(14)5-3-11/h2-7,16H,8-9,14H2,1H3. The molecule has 106 valence electrons. The SMILES string of the molecule is Cc1nccc(CNS(=O)(=O)Cc2ccc(N)cc2)n1. The highest BCUT2D eigenvalue weighted by Gasteiger charge is 2.11. The highest BCUT2D eigenvalue weighted by molar-refractivity contribution is 7.88. The Kier molecular flexibility index (Phi) is 4.31. The van der Waals surface area contributed by atoms with Crippen molar-refractivity contribution in [3.63, 3.8) is 0 Å². The highest BCUT2D eigenvalue weighted by atomic mass is 32.2. The van der Waals surface area contributed by atoms with Crippen LogP contribution in [-0.2, 0) is 22.3 Å². The Labute approximate surface area is 118 Å². The first kappa shape index (κ1) is 14.4. The van der Waals surface area contributed by atoms with E-state index in [0.29, 0.717) is 22.8 Å². The first-order valence-electron chi connectivity index (χ1n) is 6.05. The van der Waals surface area contributed by atoms with Gasteiger partial charge in [0.2, 0.25) is 10.0 Å². The van der Waals surface area contributed by atoms with Gasteiger partial charge >= 0.3 is 0 Å². The zero-order chi connectivity index (χ0) is 14.6. The second-order valence-electron chi connectivity index (χ2n) is 4.42.